The number of nitro groups is 1. The maximum atomic E-state index is 13.3. The minimum absolute atomic E-state index is 0.00438. The molecule has 8 heteroatoms. The summed E-state index contributed by atoms with van der Waals surface area (Å²) < 4.78 is 10.5. The molecule has 39 heavy (non-hydrogen) atoms. The molecule has 3 aromatic rings. The SMILES string of the molecule is COC(=O)C1=C(C)NC(C)=C(C(=O)OCC=CC=Cc2ccc3ccccc3c2)C1c1cccc([N+](=O)[O-])c1. The van der Waals surface area contributed by atoms with Gasteiger partial charge in [0.2, 0.25) is 0 Å². The Morgan fingerprint density at radius 2 is 1.64 bits per heavy atom. The van der Waals surface area contributed by atoms with Crippen molar-refractivity contribution in [2.24, 2.45) is 0 Å². The van der Waals surface area contributed by atoms with E-state index in [-0.39, 0.29) is 23.4 Å². The van der Waals surface area contributed by atoms with Crippen molar-refractivity contribution in [3.05, 3.63) is 129 Å². The summed E-state index contributed by atoms with van der Waals surface area (Å²) in [6.07, 6.45) is 7.30. The number of ether oxygens (including phenoxy) is 2. The van der Waals surface area contributed by atoms with Gasteiger partial charge < -0.3 is 14.8 Å². The summed E-state index contributed by atoms with van der Waals surface area (Å²) in [5.74, 6) is -2.19. The van der Waals surface area contributed by atoms with Crippen LogP contribution >= 0.6 is 0 Å². The summed E-state index contributed by atoms with van der Waals surface area (Å²) in [6.45, 7) is 3.38. The molecule has 0 aromatic heterocycles. The van der Waals surface area contributed by atoms with Gasteiger partial charge in [0, 0.05) is 23.5 Å². The molecule has 1 atom stereocenters. The number of nitrogens with zero attached hydrogens (tertiary/aromatic N) is 1. The Bertz CT molecular complexity index is 1560. The lowest BCUT2D eigenvalue weighted by atomic mass is 9.80. The fourth-order valence-corrected chi connectivity index (χ4v) is 4.61. The predicted octanol–water partition coefficient (Wildman–Crippen LogP) is 5.97. The summed E-state index contributed by atoms with van der Waals surface area (Å²) in [4.78, 5) is 36.9. The van der Waals surface area contributed by atoms with Gasteiger partial charge in [-0.2, -0.15) is 0 Å². The van der Waals surface area contributed by atoms with Crippen LogP contribution in [0.25, 0.3) is 16.8 Å². The lowest BCUT2D eigenvalue weighted by Crippen LogP contribution is -2.32. The highest BCUT2D eigenvalue weighted by Crippen LogP contribution is 2.40. The molecule has 1 heterocycles. The molecule has 1 aliphatic rings. The van der Waals surface area contributed by atoms with Gasteiger partial charge in [-0.1, -0.05) is 66.8 Å². The number of carbonyl (C=O) groups excluding carboxylic acids is 2. The molecule has 198 valence electrons. The monoisotopic (exact) mass is 524 g/mol. The van der Waals surface area contributed by atoms with Crippen LogP contribution in [0.1, 0.15) is 30.9 Å². The largest absolute Gasteiger partial charge is 0.466 e. The fourth-order valence-electron chi connectivity index (χ4n) is 4.61. The highest BCUT2D eigenvalue weighted by Gasteiger charge is 2.38. The Labute approximate surface area is 226 Å². The molecule has 0 radical (unpaired) electrons. The first-order valence-corrected chi connectivity index (χ1v) is 12.3. The van der Waals surface area contributed by atoms with E-state index in [4.69, 9.17) is 9.47 Å². The third-order valence-corrected chi connectivity index (χ3v) is 6.42. The van der Waals surface area contributed by atoms with Crippen molar-refractivity contribution in [2.45, 2.75) is 19.8 Å². The summed E-state index contributed by atoms with van der Waals surface area (Å²) >= 11 is 0. The first-order chi connectivity index (χ1) is 18.8. The average molecular weight is 525 g/mol. The Hall–Kier alpha value is -4.98. The Balaban J connectivity index is 1.52. The molecule has 0 fully saturated rings. The van der Waals surface area contributed by atoms with Crippen LogP contribution in [0, 0.1) is 10.1 Å². The van der Waals surface area contributed by atoms with Crippen molar-refractivity contribution in [1.29, 1.82) is 0 Å². The molecule has 0 amide bonds. The highest BCUT2D eigenvalue weighted by molar-refractivity contribution is 6.00. The minimum atomic E-state index is -0.900. The quantitative estimate of drug-likeness (QED) is 0.167. The number of benzene rings is 3. The van der Waals surface area contributed by atoms with Crippen molar-refractivity contribution >= 4 is 34.5 Å². The zero-order chi connectivity index (χ0) is 27.9. The number of hydrogen-bond acceptors (Lipinski definition) is 7. The third-order valence-electron chi connectivity index (χ3n) is 6.42. The topological polar surface area (TPSA) is 108 Å². The molecular weight excluding hydrogens is 496 g/mol. The summed E-state index contributed by atoms with van der Waals surface area (Å²) in [5.41, 5.74) is 2.64. The van der Waals surface area contributed by atoms with E-state index in [1.54, 1.807) is 32.1 Å². The van der Waals surface area contributed by atoms with Crippen LogP contribution in [0.2, 0.25) is 0 Å². The van der Waals surface area contributed by atoms with Crippen LogP contribution in [-0.2, 0) is 19.1 Å². The Morgan fingerprint density at radius 3 is 2.36 bits per heavy atom. The molecule has 3 aromatic carbocycles. The first kappa shape index (κ1) is 27.1. The van der Waals surface area contributed by atoms with E-state index >= 15 is 0 Å². The number of hydrogen-bond donors (Lipinski definition) is 1. The molecule has 0 aliphatic carbocycles. The van der Waals surface area contributed by atoms with Crippen LogP contribution < -0.4 is 5.32 Å². The van der Waals surface area contributed by atoms with Crippen molar-refractivity contribution in [3.8, 4) is 0 Å². The van der Waals surface area contributed by atoms with Crippen molar-refractivity contribution in [1.82, 2.24) is 5.32 Å². The molecular formula is C31H28N2O6. The zero-order valence-electron chi connectivity index (χ0n) is 21.8. The van der Waals surface area contributed by atoms with Crippen molar-refractivity contribution in [3.63, 3.8) is 0 Å². The maximum Gasteiger partial charge on any atom is 0.337 e. The van der Waals surface area contributed by atoms with Gasteiger partial charge in [0.25, 0.3) is 5.69 Å². The van der Waals surface area contributed by atoms with Gasteiger partial charge in [-0.3, -0.25) is 10.1 Å². The van der Waals surface area contributed by atoms with Crippen LogP contribution in [0.5, 0.6) is 0 Å². The summed E-state index contributed by atoms with van der Waals surface area (Å²) in [7, 11) is 1.24. The number of nitrogens with one attached hydrogen (secondary N) is 1. The number of fused-ring (bicyclic) bond motifs is 1. The van der Waals surface area contributed by atoms with E-state index in [0.717, 1.165) is 10.9 Å². The second-order valence-corrected chi connectivity index (χ2v) is 8.97. The second-order valence-electron chi connectivity index (χ2n) is 8.97. The Kier molecular flexibility index (Phi) is 8.36. The van der Waals surface area contributed by atoms with Crippen LogP contribution in [0.4, 0.5) is 5.69 Å². The molecule has 0 saturated heterocycles. The van der Waals surface area contributed by atoms with Crippen molar-refractivity contribution < 1.29 is 24.0 Å². The molecule has 1 N–H and O–H groups in total. The number of dihydropyridines is 1. The van der Waals surface area contributed by atoms with Gasteiger partial charge >= 0.3 is 11.9 Å². The van der Waals surface area contributed by atoms with E-state index in [2.05, 4.69) is 29.6 Å². The first-order valence-electron chi connectivity index (χ1n) is 12.3. The van der Waals surface area contributed by atoms with Gasteiger partial charge in [-0.05, 0) is 47.9 Å². The molecule has 1 aliphatic heterocycles. The number of carbonyl (C=O) groups is 2. The number of nitro benzene ring substituents is 1. The van der Waals surface area contributed by atoms with Gasteiger partial charge in [-0.15, -0.1) is 0 Å². The third kappa shape index (κ3) is 6.13. The standard InChI is InChI=1S/C31H28N2O6/c1-20-27(30(34)38-3)29(25-13-9-14-26(19-25)33(36)37)28(21(2)32-20)31(35)39-17-8-4-5-10-22-15-16-23-11-6-7-12-24(23)18-22/h4-16,18-19,29,32H,17H2,1-3H3. The number of methoxy groups -OCH3 is 1. The number of rotatable bonds is 8. The molecule has 1 unspecified atom stereocenters. The molecule has 0 bridgehead atoms. The van der Waals surface area contributed by atoms with E-state index in [1.807, 2.05) is 30.4 Å². The predicted molar refractivity (Wildman–Crippen MR) is 149 cm³/mol. The average Bonchev–Trinajstić information content (AvgIpc) is 2.93. The second kappa shape index (κ2) is 12.0. The lowest BCUT2D eigenvalue weighted by molar-refractivity contribution is -0.384. The van der Waals surface area contributed by atoms with Gasteiger partial charge in [-0.25, -0.2) is 9.59 Å². The van der Waals surface area contributed by atoms with Crippen LogP contribution in [0.15, 0.2) is 107 Å². The zero-order valence-corrected chi connectivity index (χ0v) is 21.8. The van der Waals surface area contributed by atoms with E-state index in [0.29, 0.717) is 17.0 Å². The van der Waals surface area contributed by atoms with Gasteiger partial charge in [0.1, 0.15) is 6.61 Å². The molecule has 4 rings (SSSR count). The minimum Gasteiger partial charge on any atom is -0.466 e. The maximum absolute atomic E-state index is 13.3. The van der Waals surface area contributed by atoms with E-state index in [9.17, 15) is 19.7 Å². The summed E-state index contributed by atoms with van der Waals surface area (Å²) in [6, 6.07) is 20.2. The molecule has 8 nitrogen and oxygen atoms in total. The highest BCUT2D eigenvalue weighted by atomic mass is 16.6. The van der Waals surface area contributed by atoms with Crippen LogP contribution in [-0.4, -0.2) is 30.6 Å². The summed E-state index contributed by atoms with van der Waals surface area (Å²) in [5, 5.41) is 16.8. The normalized spacial score (nSPS) is 15.6. The lowest BCUT2D eigenvalue weighted by Gasteiger charge is -2.30. The van der Waals surface area contributed by atoms with Crippen molar-refractivity contribution in [2.75, 3.05) is 13.7 Å². The molecule has 0 spiro atoms. The fraction of sp³-hybridized carbons (Fsp3) is 0.161. The van der Waals surface area contributed by atoms with Gasteiger partial charge in [0.05, 0.1) is 29.1 Å². The Morgan fingerprint density at radius 1 is 0.923 bits per heavy atom. The van der Waals surface area contributed by atoms with E-state index < -0.39 is 22.8 Å². The van der Waals surface area contributed by atoms with Crippen LogP contribution in [0.3, 0.4) is 0 Å². The van der Waals surface area contributed by atoms with Gasteiger partial charge in [0.15, 0.2) is 0 Å². The number of non-ortho nitro benzene ring substituents is 1. The van der Waals surface area contributed by atoms with E-state index in [1.165, 1.54) is 30.7 Å². The number of esters is 2. The number of allylic oxidation sites excluding steroid dienone is 4. The molecule has 0 saturated carbocycles. The smallest absolute Gasteiger partial charge is 0.337 e.